The lowest BCUT2D eigenvalue weighted by Gasteiger charge is -2.26. The highest BCUT2D eigenvalue weighted by atomic mass is 14.2. The molecule has 0 spiro atoms. The third-order valence-electron chi connectivity index (χ3n) is 6.58. The highest BCUT2D eigenvalue weighted by Crippen LogP contribution is 2.30. The average Bonchev–Trinajstić information content (AvgIpc) is 2.80. The van der Waals surface area contributed by atoms with Gasteiger partial charge < -0.3 is 0 Å². The molecule has 0 aromatic heterocycles. The first-order valence-electron chi connectivity index (χ1n) is 11.9. The largest absolute Gasteiger partial charge is 0.0625 e. The molecule has 3 aromatic rings. The molecule has 1 aliphatic carbocycles. The van der Waals surface area contributed by atoms with E-state index in [4.69, 9.17) is 0 Å². The van der Waals surface area contributed by atoms with Gasteiger partial charge in [-0.25, -0.2) is 0 Å². The Balaban J connectivity index is 1.39. The van der Waals surface area contributed by atoms with Crippen molar-refractivity contribution < 1.29 is 0 Å². The monoisotopic (exact) mass is 416 g/mol. The van der Waals surface area contributed by atoms with E-state index in [2.05, 4.69) is 111 Å². The van der Waals surface area contributed by atoms with Gasteiger partial charge in [-0.1, -0.05) is 73.3 Å². The molecule has 32 heavy (non-hydrogen) atoms. The molecule has 1 aliphatic rings. The van der Waals surface area contributed by atoms with Crippen LogP contribution in [0.2, 0.25) is 0 Å². The van der Waals surface area contributed by atoms with Crippen molar-refractivity contribution in [2.45, 2.75) is 52.9 Å². The van der Waals surface area contributed by atoms with Crippen molar-refractivity contribution in [3.05, 3.63) is 106 Å². The second-order valence-corrected chi connectivity index (χ2v) is 9.42. The second kappa shape index (κ2) is 10.4. The van der Waals surface area contributed by atoms with Crippen LogP contribution in [-0.4, -0.2) is 0 Å². The molecule has 0 radical (unpaired) electrons. The summed E-state index contributed by atoms with van der Waals surface area (Å²) in [6.07, 6.45) is 6.76. The van der Waals surface area contributed by atoms with Crippen molar-refractivity contribution in [1.82, 2.24) is 0 Å². The number of rotatable bonds is 2. The summed E-state index contributed by atoms with van der Waals surface area (Å²) in [5, 5.41) is 0. The van der Waals surface area contributed by atoms with Crippen molar-refractivity contribution in [2.75, 3.05) is 0 Å². The standard InChI is InChI=1S/C32H32/c1-24-4-8-27(9-5-24)12-15-29-19-21-32(26(3)22-29)20-18-28-13-16-31(17-14-28)23-30-10-6-25(2)7-11-30/h4-5,8-9,13-14,16-17,19,21-22,25,30H,6-7,10-11,23H2,1-3H3. The minimum Gasteiger partial charge on any atom is -0.0625 e. The number of benzene rings is 3. The molecule has 0 aliphatic heterocycles. The Kier molecular flexibility index (Phi) is 7.14. The zero-order chi connectivity index (χ0) is 22.3. The molecule has 0 heteroatoms. The van der Waals surface area contributed by atoms with Gasteiger partial charge in [-0.3, -0.25) is 0 Å². The molecule has 3 aromatic carbocycles. The molecule has 0 saturated heterocycles. The van der Waals surface area contributed by atoms with E-state index in [0.717, 1.165) is 39.7 Å². The zero-order valence-corrected chi connectivity index (χ0v) is 19.5. The highest BCUT2D eigenvalue weighted by molar-refractivity contribution is 5.51. The molecule has 160 valence electrons. The normalized spacial score (nSPS) is 17.6. The van der Waals surface area contributed by atoms with E-state index in [1.54, 1.807) is 0 Å². The SMILES string of the molecule is Cc1ccc(C#Cc2ccc(C#Cc3ccc(CC4CCC(C)CC4)cc3)c(C)c2)cc1. The van der Waals surface area contributed by atoms with Crippen LogP contribution >= 0.6 is 0 Å². The molecule has 4 rings (SSSR count). The lowest BCUT2D eigenvalue weighted by molar-refractivity contribution is 0.289. The van der Waals surface area contributed by atoms with E-state index >= 15 is 0 Å². The zero-order valence-electron chi connectivity index (χ0n) is 19.5. The maximum Gasteiger partial charge on any atom is 0.0279 e. The molecule has 0 unspecified atom stereocenters. The summed E-state index contributed by atoms with van der Waals surface area (Å²) in [4.78, 5) is 0. The summed E-state index contributed by atoms with van der Waals surface area (Å²) in [6, 6.07) is 23.5. The summed E-state index contributed by atoms with van der Waals surface area (Å²) in [6.45, 7) is 6.58. The van der Waals surface area contributed by atoms with Gasteiger partial charge in [-0.2, -0.15) is 0 Å². The van der Waals surface area contributed by atoms with Crippen LogP contribution in [0.25, 0.3) is 0 Å². The third kappa shape index (κ3) is 6.15. The Bertz CT molecular complexity index is 1160. The smallest absolute Gasteiger partial charge is 0.0279 e. The molecule has 0 amide bonds. The summed E-state index contributed by atoms with van der Waals surface area (Å²) < 4.78 is 0. The fraction of sp³-hybridized carbons (Fsp3) is 0.312. The van der Waals surface area contributed by atoms with Gasteiger partial charge in [0.25, 0.3) is 0 Å². The van der Waals surface area contributed by atoms with Crippen LogP contribution in [-0.2, 0) is 6.42 Å². The third-order valence-corrected chi connectivity index (χ3v) is 6.58. The molecule has 0 nitrogen and oxygen atoms in total. The lowest BCUT2D eigenvalue weighted by atomic mass is 9.80. The van der Waals surface area contributed by atoms with Crippen LogP contribution in [0.5, 0.6) is 0 Å². The number of hydrogen-bond donors (Lipinski definition) is 0. The van der Waals surface area contributed by atoms with Crippen LogP contribution in [0.3, 0.4) is 0 Å². The van der Waals surface area contributed by atoms with Gasteiger partial charge in [0.2, 0.25) is 0 Å². The first-order valence-corrected chi connectivity index (χ1v) is 11.9. The first kappa shape index (κ1) is 22.0. The van der Waals surface area contributed by atoms with Gasteiger partial charge in [0, 0.05) is 22.3 Å². The highest BCUT2D eigenvalue weighted by Gasteiger charge is 2.18. The minimum atomic E-state index is 0.860. The topological polar surface area (TPSA) is 0 Å². The first-order chi connectivity index (χ1) is 15.5. The van der Waals surface area contributed by atoms with Crippen LogP contribution in [0, 0.1) is 49.4 Å². The van der Waals surface area contributed by atoms with E-state index in [1.165, 1.54) is 43.2 Å². The van der Waals surface area contributed by atoms with Crippen molar-refractivity contribution in [2.24, 2.45) is 11.8 Å². The van der Waals surface area contributed by atoms with E-state index in [9.17, 15) is 0 Å². The van der Waals surface area contributed by atoms with E-state index in [0.29, 0.717) is 0 Å². The predicted molar refractivity (Wildman–Crippen MR) is 136 cm³/mol. The Hall–Kier alpha value is -3.22. The van der Waals surface area contributed by atoms with E-state index in [1.807, 2.05) is 0 Å². The van der Waals surface area contributed by atoms with E-state index in [-0.39, 0.29) is 0 Å². The minimum absolute atomic E-state index is 0.860. The van der Waals surface area contributed by atoms with Gasteiger partial charge in [-0.15, -0.1) is 0 Å². The average molecular weight is 417 g/mol. The Morgan fingerprint density at radius 1 is 0.656 bits per heavy atom. The fourth-order valence-electron chi connectivity index (χ4n) is 4.39. The molecule has 0 atom stereocenters. The second-order valence-electron chi connectivity index (χ2n) is 9.42. The summed E-state index contributed by atoms with van der Waals surface area (Å²) >= 11 is 0. The molecule has 1 saturated carbocycles. The molecule has 0 bridgehead atoms. The molecular formula is C32H32. The van der Waals surface area contributed by atoms with Crippen LogP contribution < -0.4 is 0 Å². The fourth-order valence-corrected chi connectivity index (χ4v) is 4.39. The number of aryl methyl sites for hydroxylation is 2. The predicted octanol–water partition coefficient (Wildman–Crippen LogP) is 7.47. The van der Waals surface area contributed by atoms with E-state index < -0.39 is 0 Å². The van der Waals surface area contributed by atoms with Gasteiger partial charge in [0.05, 0.1) is 0 Å². The van der Waals surface area contributed by atoms with Gasteiger partial charge in [0.15, 0.2) is 0 Å². The summed E-state index contributed by atoms with van der Waals surface area (Å²) in [5.74, 6) is 15.0. The van der Waals surface area contributed by atoms with Crippen molar-refractivity contribution in [1.29, 1.82) is 0 Å². The molecular weight excluding hydrogens is 384 g/mol. The van der Waals surface area contributed by atoms with Crippen LogP contribution in [0.1, 0.15) is 71.6 Å². The molecule has 0 heterocycles. The molecule has 0 N–H and O–H groups in total. The lowest BCUT2D eigenvalue weighted by Crippen LogP contribution is -2.14. The maximum atomic E-state index is 3.34. The number of hydrogen-bond acceptors (Lipinski definition) is 0. The van der Waals surface area contributed by atoms with Crippen LogP contribution in [0.15, 0.2) is 66.7 Å². The summed E-state index contributed by atoms with van der Waals surface area (Å²) in [7, 11) is 0. The van der Waals surface area contributed by atoms with Crippen molar-refractivity contribution >= 4 is 0 Å². The van der Waals surface area contributed by atoms with Gasteiger partial charge in [0.1, 0.15) is 0 Å². The van der Waals surface area contributed by atoms with Crippen molar-refractivity contribution in [3.8, 4) is 23.7 Å². The maximum absolute atomic E-state index is 3.34. The quantitative estimate of drug-likeness (QED) is 0.380. The molecule has 1 fully saturated rings. The Labute approximate surface area is 194 Å². The van der Waals surface area contributed by atoms with Crippen molar-refractivity contribution in [3.63, 3.8) is 0 Å². The summed E-state index contributed by atoms with van der Waals surface area (Å²) in [5.41, 5.74) is 8.07. The van der Waals surface area contributed by atoms with Gasteiger partial charge in [-0.05, 0) is 98.5 Å². The Morgan fingerprint density at radius 3 is 1.88 bits per heavy atom. The van der Waals surface area contributed by atoms with Crippen LogP contribution in [0.4, 0.5) is 0 Å². The van der Waals surface area contributed by atoms with Gasteiger partial charge >= 0.3 is 0 Å². The Morgan fingerprint density at radius 2 is 1.22 bits per heavy atom.